The quantitative estimate of drug-likeness (QED) is 0.194. The van der Waals surface area contributed by atoms with Crippen molar-refractivity contribution in [1.82, 2.24) is 20.4 Å². The molecular formula is C35H47N7O6. The summed E-state index contributed by atoms with van der Waals surface area (Å²) in [5.41, 5.74) is 10.2. The van der Waals surface area contributed by atoms with Crippen molar-refractivity contribution in [3.05, 3.63) is 76.2 Å². The summed E-state index contributed by atoms with van der Waals surface area (Å²) in [6.45, 7) is 5.62. The topological polar surface area (TPSA) is 166 Å². The van der Waals surface area contributed by atoms with Crippen LogP contribution in [0, 0.1) is 5.92 Å². The molecule has 0 radical (unpaired) electrons. The fourth-order valence-corrected chi connectivity index (χ4v) is 6.40. The van der Waals surface area contributed by atoms with Crippen LogP contribution in [0.3, 0.4) is 0 Å². The van der Waals surface area contributed by atoms with Crippen molar-refractivity contribution >= 4 is 23.8 Å². The number of methoxy groups -OCH3 is 1. The second kappa shape index (κ2) is 16.4. The molecular weight excluding hydrogens is 614 g/mol. The summed E-state index contributed by atoms with van der Waals surface area (Å²) in [5.74, 6) is -0.928. The minimum atomic E-state index is -1.06. The molecule has 0 aliphatic carbocycles. The molecule has 2 aromatic rings. The molecule has 2 heterocycles. The minimum Gasteiger partial charge on any atom is -0.497 e. The molecule has 0 unspecified atom stereocenters. The van der Waals surface area contributed by atoms with Crippen LogP contribution in [0.5, 0.6) is 5.75 Å². The minimum absolute atomic E-state index is 0.00225. The molecule has 48 heavy (non-hydrogen) atoms. The highest BCUT2D eigenvalue weighted by Gasteiger charge is 2.48. The normalized spacial score (nSPS) is 21.2. The summed E-state index contributed by atoms with van der Waals surface area (Å²) < 4.78 is 10.8. The van der Waals surface area contributed by atoms with E-state index in [1.807, 2.05) is 54.6 Å². The average Bonchev–Trinajstić information content (AvgIpc) is 3.44. The van der Waals surface area contributed by atoms with E-state index < -0.39 is 47.6 Å². The molecule has 2 aliphatic rings. The Labute approximate surface area is 281 Å². The Kier molecular flexibility index (Phi) is 12.3. The average molecular weight is 662 g/mol. The van der Waals surface area contributed by atoms with Crippen LogP contribution in [0.1, 0.15) is 57.6 Å². The predicted molar refractivity (Wildman–Crippen MR) is 180 cm³/mol. The zero-order valence-electron chi connectivity index (χ0n) is 28.4. The first-order valence-electron chi connectivity index (χ1n) is 16.5. The summed E-state index contributed by atoms with van der Waals surface area (Å²) in [6, 6.07) is 13.9. The summed E-state index contributed by atoms with van der Waals surface area (Å²) in [7, 11) is 3.10. The largest absolute Gasteiger partial charge is 0.497 e. The Hall–Kier alpha value is -4.77. The SMILES string of the molecule is COc1ccc(CCNC(=O)[C@@H]2CC[C@@H]3CC[C@H](CN=[N+]=[N-])[C@H](NC(=O)[C@@H](Cc4ccccc4)N(C)C(=O)OC(C)(C)C)C(=O)N32)cc1. The van der Waals surface area contributed by atoms with Crippen LogP contribution in [0.15, 0.2) is 59.7 Å². The molecule has 0 bridgehead atoms. The lowest BCUT2D eigenvalue weighted by Crippen LogP contribution is -2.59. The van der Waals surface area contributed by atoms with Gasteiger partial charge in [0.1, 0.15) is 29.5 Å². The van der Waals surface area contributed by atoms with Crippen molar-refractivity contribution in [3.8, 4) is 5.75 Å². The Balaban J connectivity index is 1.54. The van der Waals surface area contributed by atoms with Gasteiger partial charge in [0.2, 0.25) is 17.7 Å². The fraction of sp³-hybridized carbons (Fsp3) is 0.543. The van der Waals surface area contributed by atoms with E-state index in [0.29, 0.717) is 38.6 Å². The Morgan fingerprint density at radius 1 is 1.04 bits per heavy atom. The van der Waals surface area contributed by atoms with Crippen LogP contribution < -0.4 is 15.4 Å². The van der Waals surface area contributed by atoms with E-state index in [4.69, 9.17) is 15.0 Å². The third-order valence-corrected chi connectivity index (χ3v) is 8.94. The number of rotatable bonds is 12. The maximum absolute atomic E-state index is 14.4. The van der Waals surface area contributed by atoms with E-state index in [2.05, 4.69) is 20.7 Å². The highest BCUT2D eigenvalue weighted by atomic mass is 16.6. The van der Waals surface area contributed by atoms with Crippen LogP contribution in [0.2, 0.25) is 0 Å². The van der Waals surface area contributed by atoms with Crippen molar-refractivity contribution < 1.29 is 28.7 Å². The molecule has 5 atom stereocenters. The molecule has 0 saturated carbocycles. The maximum Gasteiger partial charge on any atom is 0.410 e. The molecule has 2 saturated heterocycles. The number of likely N-dealkylation sites (N-methyl/N-ethyl adjacent to an activating group) is 1. The van der Waals surface area contributed by atoms with Crippen molar-refractivity contribution in [2.24, 2.45) is 11.0 Å². The Morgan fingerprint density at radius 2 is 1.73 bits per heavy atom. The third kappa shape index (κ3) is 9.41. The number of ether oxygens (including phenoxy) is 2. The first-order chi connectivity index (χ1) is 22.9. The molecule has 4 rings (SSSR count). The van der Waals surface area contributed by atoms with Gasteiger partial charge >= 0.3 is 6.09 Å². The van der Waals surface area contributed by atoms with Crippen LogP contribution in [-0.2, 0) is 32.0 Å². The van der Waals surface area contributed by atoms with Gasteiger partial charge in [0.15, 0.2) is 0 Å². The van der Waals surface area contributed by atoms with Gasteiger partial charge in [-0.25, -0.2) is 4.79 Å². The Morgan fingerprint density at radius 3 is 2.38 bits per heavy atom. The number of nitrogens with one attached hydrogen (secondary N) is 2. The highest BCUT2D eigenvalue weighted by Crippen LogP contribution is 2.34. The number of azide groups is 1. The van der Waals surface area contributed by atoms with Gasteiger partial charge in [-0.2, -0.15) is 0 Å². The molecule has 258 valence electrons. The van der Waals surface area contributed by atoms with Gasteiger partial charge in [-0.05, 0) is 87.6 Å². The van der Waals surface area contributed by atoms with Gasteiger partial charge in [0, 0.05) is 37.5 Å². The first kappa shape index (κ1) is 36.1. The van der Waals surface area contributed by atoms with E-state index in [0.717, 1.165) is 16.9 Å². The van der Waals surface area contributed by atoms with E-state index in [1.54, 1.807) is 32.8 Å². The van der Waals surface area contributed by atoms with Gasteiger partial charge in [-0.1, -0.05) is 47.6 Å². The second-order valence-electron chi connectivity index (χ2n) is 13.4. The van der Waals surface area contributed by atoms with Crippen LogP contribution in [0.25, 0.3) is 10.4 Å². The van der Waals surface area contributed by atoms with Crippen molar-refractivity contribution in [1.29, 1.82) is 0 Å². The first-order valence-corrected chi connectivity index (χ1v) is 16.5. The number of amides is 4. The molecule has 13 heteroatoms. The summed E-state index contributed by atoms with van der Waals surface area (Å²) in [6.07, 6.45) is 2.37. The standard InChI is InChI=1S/C35H47N7O6/c1-35(2,3)48-34(46)41(4)29(21-24-9-7-6-8-10-24)32(44)39-30-25(22-38-40-36)13-14-26-15-18-28(42(26)33(30)45)31(43)37-20-19-23-11-16-27(47-5)17-12-23/h6-12,16-17,25-26,28-30H,13-15,18-22H2,1-5H3,(H,37,43)(H,39,44)/t25-,26+,28+,29-,30+/m1/s1. The number of carbonyl (C=O) groups is 4. The van der Waals surface area contributed by atoms with Gasteiger partial charge < -0.3 is 25.0 Å². The van der Waals surface area contributed by atoms with Gasteiger partial charge in [0.05, 0.1) is 7.11 Å². The second-order valence-corrected chi connectivity index (χ2v) is 13.4. The lowest BCUT2D eigenvalue weighted by molar-refractivity contribution is -0.144. The number of carbonyl (C=O) groups excluding carboxylic acids is 4. The van der Waals surface area contributed by atoms with E-state index in [1.165, 1.54) is 11.9 Å². The van der Waals surface area contributed by atoms with Gasteiger partial charge in [-0.15, -0.1) is 0 Å². The molecule has 2 N–H and O–H groups in total. The smallest absolute Gasteiger partial charge is 0.410 e. The van der Waals surface area contributed by atoms with E-state index in [9.17, 15) is 19.2 Å². The summed E-state index contributed by atoms with van der Waals surface area (Å²) >= 11 is 0. The highest BCUT2D eigenvalue weighted by molar-refractivity contribution is 5.95. The van der Waals surface area contributed by atoms with Gasteiger partial charge in [-0.3, -0.25) is 19.3 Å². The van der Waals surface area contributed by atoms with Crippen molar-refractivity contribution in [2.45, 2.75) is 89.1 Å². The maximum atomic E-state index is 14.4. The number of nitrogens with zero attached hydrogens (tertiary/aromatic N) is 5. The number of hydrogen-bond acceptors (Lipinski definition) is 7. The summed E-state index contributed by atoms with van der Waals surface area (Å²) in [4.78, 5) is 60.8. The van der Waals surface area contributed by atoms with E-state index >= 15 is 0 Å². The molecule has 0 spiro atoms. The monoisotopic (exact) mass is 661 g/mol. The van der Waals surface area contributed by atoms with Crippen molar-refractivity contribution in [3.63, 3.8) is 0 Å². The molecule has 2 aliphatic heterocycles. The lowest BCUT2D eigenvalue weighted by Gasteiger charge is -2.34. The van der Waals surface area contributed by atoms with Gasteiger partial charge in [0.25, 0.3) is 0 Å². The number of hydrogen-bond donors (Lipinski definition) is 2. The van der Waals surface area contributed by atoms with Crippen molar-refractivity contribution in [2.75, 3.05) is 27.2 Å². The number of benzene rings is 2. The zero-order chi connectivity index (χ0) is 34.8. The molecule has 2 aromatic carbocycles. The van der Waals surface area contributed by atoms with E-state index in [-0.39, 0.29) is 24.9 Å². The summed E-state index contributed by atoms with van der Waals surface area (Å²) in [5, 5.41) is 9.68. The molecule has 0 aromatic heterocycles. The predicted octanol–water partition coefficient (Wildman–Crippen LogP) is 4.40. The Bertz CT molecular complexity index is 1470. The molecule has 13 nitrogen and oxygen atoms in total. The molecule has 2 fully saturated rings. The van der Waals surface area contributed by atoms with Crippen LogP contribution in [0.4, 0.5) is 4.79 Å². The fourth-order valence-electron chi connectivity index (χ4n) is 6.40. The van der Waals surface area contributed by atoms with Crippen LogP contribution in [-0.4, -0.2) is 90.6 Å². The number of fused-ring (bicyclic) bond motifs is 1. The lowest BCUT2D eigenvalue weighted by atomic mass is 9.92. The zero-order valence-corrected chi connectivity index (χ0v) is 28.4. The third-order valence-electron chi connectivity index (χ3n) is 8.94. The van der Waals surface area contributed by atoms with Crippen LogP contribution >= 0.6 is 0 Å². The molecule has 4 amide bonds.